The van der Waals surface area contributed by atoms with Gasteiger partial charge in [-0.05, 0) is 20.8 Å². The Bertz CT molecular complexity index is 147. The molecule has 0 aromatic carbocycles. The molecule has 0 spiro atoms. The first-order chi connectivity index (χ1) is 5.51. The standard InChI is InChI=1S/C9H18FNO/c1-8(2)11-4-5-12-7-9(3,10)6-11/h8H,4-7H2,1-3H3/t9-/m1/s1. The number of rotatable bonds is 1. The molecule has 0 unspecified atom stereocenters. The van der Waals surface area contributed by atoms with Crippen molar-refractivity contribution in [3.8, 4) is 0 Å². The van der Waals surface area contributed by atoms with Crippen LogP contribution in [0.4, 0.5) is 4.39 Å². The summed E-state index contributed by atoms with van der Waals surface area (Å²) in [5.74, 6) is 0. The predicted octanol–water partition coefficient (Wildman–Crippen LogP) is 1.46. The van der Waals surface area contributed by atoms with Crippen molar-refractivity contribution >= 4 is 0 Å². The van der Waals surface area contributed by atoms with Gasteiger partial charge < -0.3 is 4.74 Å². The molecule has 1 rings (SSSR count). The van der Waals surface area contributed by atoms with E-state index < -0.39 is 5.67 Å². The minimum atomic E-state index is -1.18. The van der Waals surface area contributed by atoms with Gasteiger partial charge in [-0.3, -0.25) is 4.90 Å². The average molecular weight is 175 g/mol. The third kappa shape index (κ3) is 2.72. The van der Waals surface area contributed by atoms with Crippen molar-refractivity contribution in [2.24, 2.45) is 0 Å². The molecule has 2 nitrogen and oxygen atoms in total. The minimum absolute atomic E-state index is 0.232. The third-order valence-electron chi connectivity index (χ3n) is 2.19. The summed E-state index contributed by atoms with van der Waals surface area (Å²) >= 11 is 0. The summed E-state index contributed by atoms with van der Waals surface area (Å²) in [6.45, 7) is 7.99. The number of halogens is 1. The van der Waals surface area contributed by atoms with Gasteiger partial charge in [0, 0.05) is 19.1 Å². The highest BCUT2D eigenvalue weighted by Crippen LogP contribution is 2.17. The summed E-state index contributed by atoms with van der Waals surface area (Å²) in [6, 6.07) is 0.404. The molecule has 1 heterocycles. The molecule has 0 aromatic heterocycles. The summed E-state index contributed by atoms with van der Waals surface area (Å²) < 4.78 is 18.7. The lowest BCUT2D eigenvalue weighted by Crippen LogP contribution is -2.41. The van der Waals surface area contributed by atoms with Gasteiger partial charge in [0.25, 0.3) is 0 Å². The maximum Gasteiger partial charge on any atom is 0.144 e. The summed E-state index contributed by atoms with van der Waals surface area (Å²) in [4.78, 5) is 2.12. The van der Waals surface area contributed by atoms with Gasteiger partial charge in [-0.15, -0.1) is 0 Å². The number of ether oxygens (including phenoxy) is 1. The van der Waals surface area contributed by atoms with Crippen molar-refractivity contribution in [1.82, 2.24) is 4.90 Å². The van der Waals surface area contributed by atoms with E-state index in [1.807, 2.05) is 0 Å². The van der Waals surface area contributed by atoms with Crippen LogP contribution in [0.25, 0.3) is 0 Å². The lowest BCUT2D eigenvalue weighted by Gasteiger charge is -2.28. The van der Waals surface area contributed by atoms with Crippen molar-refractivity contribution in [3.63, 3.8) is 0 Å². The molecule has 1 aliphatic rings. The maximum atomic E-state index is 13.6. The highest BCUT2D eigenvalue weighted by molar-refractivity contribution is 4.81. The lowest BCUT2D eigenvalue weighted by atomic mass is 10.1. The van der Waals surface area contributed by atoms with Crippen molar-refractivity contribution in [2.45, 2.75) is 32.5 Å². The zero-order chi connectivity index (χ0) is 9.19. The Labute approximate surface area is 73.7 Å². The van der Waals surface area contributed by atoms with E-state index in [4.69, 9.17) is 4.74 Å². The number of hydrogen-bond donors (Lipinski definition) is 0. The van der Waals surface area contributed by atoms with Gasteiger partial charge >= 0.3 is 0 Å². The summed E-state index contributed by atoms with van der Waals surface area (Å²) in [7, 11) is 0. The van der Waals surface area contributed by atoms with Crippen LogP contribution in [0.3, 0.4) is 0 Å². The van der Waals surface area contributed by atoms with Crippen LogP contribution in [0.2, 0.25) is 0 Å². The van der Waals surface area contributed by atoms with Crippen LogP contribution >= 0.6 is 0 Å². The Morgan fingerprint density at radius 2 is 2.17 bits per heavy atom. The quantitative estimate of drug-likeness (QED) is 0.598. The van der Waals surface area contributed by atoms with Gasteiger partial charge in [0.15, 0.2) is 0 Å². The van der Waals surface area contributed by atoms with Gasteiger partial charge in [0.2, 0.25) is 0 Å². The van der Waals surface area contributed by atoms with Gasteiger partial charge in [0.1, 0.15) is 5.67 Å². The fraction of sp³-hybridized carbons (Fsp3) is 1.00. The minimum Gasteiger partial charge on any atom is -0.377 e. The fourth-order valence-electron chi connectivity index (χ4n) is 1.46. The van der Waals surface area contributed by atoms with Crippen LogP contribution in [0.5, 0.6) is 0 Å². The summed E-state index contributed by atoms with van der Waals surface area (Å²) in [6.07, 6.45) is 0. The second kappa shape index (κ2) is 3.71. The van der Waals surface area contributed by atoms with Crippen molar-refractivity contribution < 1.29 is 9.13 Å². The smallest absolute Gasteiger partial charge is 0.144 e. The Kier molecular flexibility index (Phi) is 3.07. The molecular weight excluding hydrogens is 157 g/mol. The largest absolute Gasteiger partial charge is 0.377 e. The second-order valence-electron chi connectivity index (χ2n) is 4.03. The monoisotopic (exact) mass is 175 g/mol. The first-order valence-electron chi connectivity index (χ1n) is 4.52. The van der Waals surface area contributed by atoms with Crippen molar-refractivity contribution in [3.05, 3.63) is 0 Å². The SMILES string of the molecule is CC(C)N1CCOC[C@](C)(F)C1. The molecule has 0 saturated carbocycles. The Balaban J connectivity index is 2.54. The van der Waals surface area contributed by atoms with Crippen LogP contribution in [0, 0.1) is 0 Å². The maximum absolute atomic E-state index is 13.6. The molecule has 12 heavy (non-hydrogen) atoms. The highest BCUT2D eigenvalue weighted by Gasteiger charge is 2.30. The molecule has 0 bridgehead atoms. The van der Waals surface area contributed by atoms with Crippen LogP contribution in [-0.2, 0) is 4.74 Å². The molecule has 3 heteroatoms. The molecule has 0 aromatic rings. The molecular formula is C9H18FNO. The van der Waals surface area contributed by atoms with E-state index in [-0.39, 0.29) is 6.61 Å². The van der Waals surface area contributed by atoms with Gasteiger partial charge in [-0.1, -0.05) is 0 Å². The van der Waals surface area contributed by atoms with Crippen LogP contribution in [-0.4, -0.2) is 42.9 Å². The predicted molar refractivity (Wildman–Crippen MR) is 47.0 cm³/mol. The fourth-order valence-corrected chi connectivity index (χ4v) is 1.46. The van der Waals surface area contributed by atoms with Crippen molar-refractivity contribution in [2.75, 3.05) is 26.3 Å². The molecule has 1 aliphatic heterocycles. The van der Waals surface area contributed by atoms with Crippen LogP contribution in [0.15, 0.2) is 0 Å². The summed E-state index contributed by atoms with van der Waals surface area (Å²) in [5.41, 5.74) is -1.18. The van der Waals surface area contributed by atoms with E-state index in [1.165, 1.54) is 0 Å². The van der Waals surface area contributed by atoms with Crippen molar-refractivity contribution in [1.29, 1.82) is 0 Å². The van der Waals surface area contributed by atoms with E-state index in [2.05, 4.69) is 18.7 Å². The van der Waals surface area contributed by atoms with Crippen LogP contribution < -0.4 is 0 Å². The van der Waals surface area contributed by atoms with E-state index in [1.54, 1.807) is 6.92 Å². The van der Waals surface area contributed by atoms with Crippen LogP contribution in [0.1, 0.15) is 20.8 Å². The molecule has 0 radical (unpaired) electrons. The molecule has 1 fully saturated rings. The molecule has 1 atom stereocenters. The lowest BCUT2D eigenvalue weighted by molar-refractivity contribution is 0.0444. The normalized spacial score (nSPS) is 33.8. The van der Waals surface area contributed by atoms with E-state index in [0.717, 1.165) is 6.54 Å². The van der Waals surface area contributed by atoms with Gasteiger partial charge in [-0.2, -0.15) is 0 Å². The molecule has 72 valence electrons. The third-order valence-corrected chi connectivity index (χ3v) is 2.19. The Morgan fingerprint density at radius 1 is 1.50 bits per heavy atom. The van der Waals surface area contributed by atoms with E-state index in [9.17, 15) is 4.39 Å². The average Bonchev–Trinajstić information content (AvgIpc) is 2.10. The zero-order valence-corrected chi connectivity index (χ0v) is 8.14. The molecule has 0 aliphatic carbocycles. The number of nitrogens with zero attached hydrogens (tertiary/aromatic N) is 1. The topological polar surface area (TPSA) is 12.5 Å². The Hall–Kier alpha value is -0.150. The van der Waals surface area contributed by atoms with E-state index >= 15 is 0 Å². The van der Waals surface area contributed by atoms with E-state index in [0.29, 0.717) is 19.2 Å². The Morgan fingerprint density at radius 3 is 2.75 bits per heavy atom. The first kappa shape index (κ1) is 9.93. The summed E-state index contributed by atoms with van der Waals surface area (Å²) in [5, 5.41) is 0. The molecule has 0 amide bonds. The number of alkyl halides is 1. The molecule has 1 saturated heterocycles. The second-order valence-corrected chi connectivity index (χ2v) is 4.03. The first-order valence-corrected chi connectivity index (χ1v) is 4.52. The van der Waals surface area contributed by atoms with Gasteiger partial charge in [-0.25, -0.2) is 4.39 Å². The van der Waals surface area contributed by atoms with Gasteiger partial charge in [0.05, 0.1) is 13.2 Å². The molecule has 0 N–H and O–H groups in total. The zero-order valence-electron chi connectivity index (χ0n) is 8.14. The number of hydrogen-bond acceptors (Lipinski definition) is 2. The highest BCUT2D eigenvalue weighted by atomic mass is 19.1.